The number of hydrogen-bond donors (Lipinski definition) is 5. The lowest BCUT2D eigenvalue weighted by atomic mass is 10.0. The minimum Gasteiger partial charge on any atom is -0.480 e. The van der Waals surface area contributed by atoms with E-state index >= 15 is 4.39 Å². The maximum atomic E-state index is 15.6. The van der Waals surface area contributed by atoms with Gasteiger partial charge in [0.05, 0.1) is 64.6 Å². The second-order valence-electron chi connectivity index (χ2n) is 18.9. The van der Waals surface area contributed by atoms with E-state index in [4.69, 9.17) is 32.7 Å². The Kier molecular flexibility index (Phi) is 16.4. The number of rotatable bonds is 21. The molecular formula is C52H45Cl2F5N10O10S2. The number of hydrogen-bond acceptors (Lipinski definition) is 15. The number of fused-ring (bicyclic) bond motifs is 2. The molecule has 8 aromatic rings. The highest BCUT2D eigenvalue weighted by atomic mass is 35.5. The summed E-state index contributed by atoms with van der Waals surface area (Å²) < 4.78 is 142. The highest BCUT2D eigenvalue weighted by Crippen LogP contribution is 2.42. The second kappa shape index (κ2) is 23.0. The van der Waals surface area contributed by atoms with Gasteiger partial charge in [-0.15, -0.1) is 0 Å². The van der Waals surface area contributed by atoms with Gasteiger partial charge in [-0.3, -0.25) is 38.3 Å². The Bertz CT molecular complexity index is 4170. The van der Waals surface area contributed by atoms with Gasteiger partial charge in [0.1, 0.15) is 57.0 Å². The van der Waals surface area contributed by atoms with Gasteiger partial charge >= 0.3 is 0 Å². The molecule has 0 aliphatic heterocycles. The number of aliphatic hydroxyl groups is 1. The van der Waals surface area contributed by atoms with Crippen LogP contribution in [-0.2, 0) is 37.9 Å². The van der Waals surface area contributed by atoms with E-state index in [0.717, 1.165) is 53.4 Å². The van der Waals surface area contributed by atoms with Gasteiger partial charge in [-0.25, -0.2) is 58.7 Å². The van der Waals surface area contributed by atoms with Gasteiger partial charge in [0, 0.05) is 48.9 Å². The molecule has 0 bridgehead atoms. The molecule has 1 amide bonds. The number of aliphatic hydroxyl groups excluding tert-OH is 1. The quantitative estimate of drug-likeness (QED) is 0.0267. The number of ether oxygens (including phenoxy) is 2. The van der Waals surface area contributed by atoms with E-state index in [1.54, 1.807) is 13.0 Å². The summed E-state index contributed by atoms with van der Waals surface area (Å²) in [5.41, 5.74) is -0.868. The van der Waals surface area contributed by atoms with Crippen molar-refractivity contribution in [1.82, 2.24) is 39.7 Å². The number of sulfonamides is 2. The van der Waals surface area contributed by atoms with E-state index in [2.05, 4.69) is 40.0 Å². The molecule has 0 spiro atoms. The van der Waals surface area contributed by atoms with Gasteiger partial charge in [-0.05, 0) is 83.9 Å². The Morgan fingerprint density at radius 2 is 1.30 bits per heavy atom. The number of amides is 1. The third-order valence-electron chi connectivity index (χ3n) is 12.9. The van der Waals surface area contributed by atoms with Crippen LogP contribution in [0.5, 0.6) is 11.8 Å². The van der Waals surface area contributed by atoms with Crippen LogP contribution in [0, 0.1) is 29.3 Å². The first-order valence-corrected chi connectivity index (χ1v) is 28.0. The average molecular weight is 1200 g/mol. The second-order valence-corrected chi connectivity index (χ2v) is 23.0. The number of halogens is 7. The molecule has 9 rings (SSSR count). The normalized spacial score (nSPS) is 15.2. The molecule has 4 heterocycles. The van der Waals surface area contributed by atoms with Gasteiger partial charge in [0.15, 0.2) is 0 Å². The Morgan fingerprint density at radius 1 is 0.741 bits per heavy atom. The first-order chi connectivity index (χ1) is 38.3. The fraction of sp³-hybridized carbons (Fsp3) is 0.250. The van der Waals surface area contributed by atoms with Crippen molar-refractivity contribution in [3.8, 4) is 34.0 Å². The molecule has 20 nitrogen and oxygen atoms in total. The first-order valence-electron chi connectivity index (χ1n) is 24.2. The van der Waals surface area contributed by atoms with Crippen LogP contribution in [-0.4, -0.2) is 95.4 Å². The Morgan fingerprint density at radius 3 is 1.90 bits per heavy atom. The average Bonchev–Trinajstić information content (AvgIpc) is 4.02. The molecule has 4 atom stereocenters. The molecule has 29 heteroatoms. The van der Waals surface area contributed by atoms with Crippen molar-refractivity contribution in [2.75, 3.05) is 29.7 Å². The topological polar surface area (TPSA) is 268 Å². The first kappa shape index (κ1) is 57.9. The molecule has 0 radical (unpaired) electrons. The summed E-state index contributed by atoms with van der Waals surface area (Å²) in [6.07, 6.45) is 3.15. The number of nitrogens with zero attached hydrogens (tertiary/aromatic N) is 6. The number of pyridine rings is 2. The minimum atomic E-state index is -4.57. The summed E-state index contributed by atoms with van der Waals surface area (Å²) in [4.78, 5) is 57.0. The van der Waals surface area contributed by atoms with Crippen LogP contribution in [0.3, 0.4) is 0 Å². The Balaban J connectivity index is 0.899. The van der Waals surface area contributed by atoms with E-state index in [-0.39, 0.29) is 87.9 Å². The predicted octanol–water partition coefficient (Wildman–Crippen LogP) is 7.35. The van der Waals surface area contributed by atoms with Crippen LogP contribution in [0.15, 0.2) is 123 Å². The highest BCUT2D eigenvalue weighted by Gasteiger charge is 2.57. The zero-order chi connectivity index (χ0) is 58.3. The van der Waals surface area contributed by atoms with Crippen LogP contribution >= 0.6 is 23.2 Å². The third kappa shape index (κ3) is 12.7. The lowest BCUT2D eigenvalue weighted by molar-refractivity contribution is -0.125. The van der Waals surface area contributed by atoms with Crippen molar-refractivity contribution in [3.05, 3.63) is 152 Å². The molecule has 1 saturated carbocycles. The molecule has 0 saturated heterocycles. The van der Waals surface area contributed by atoms with Gasteiger partial charge in [0.2, 0.25) is 17.7 Å². The van der Waals surface area contributed by atoms with E-state index in [1.807, 2.05) is 0 Å². The molecule has 1 fully saturated rings. The van der Waals surface area contributed by atoms with Crippen molar-refractivity contribution < 1.29 is 58.2 Å². The number of anilines is 2. The van der Waals surface area contributed by atoms with Crippen LogP contribution in [0.2, 0.25) is 10.0 Å². The lowest BCUT2D eigenvalue weighted by Gasteiger charge is -2.21. The summed E-state index contributed by atoms with van der Waals surface area (Å²) in [5.74, 6) is -8.04. The SMILES string of the molecule is COc1ncc(-c2cc(F)c3ncn(CC(C)C(=O)NCCOc4ncc(-c5ccc6ncn(CC(C)C(O)NC7CC7(F)F)c(=O)c6c5)cc4NS(=O)(=O)c4ccc(F)cc4Cl)c(=O)c3c2)cc1NS(=O)(=O)c1ccc(F)cc1Cl. The van der Waals surface area contributed by atoms with Crippen LogP contribution < -0.4 is 40.7 Å². The smallest absolute Gasteiger partial charge is 0.265 e. The fourth-order valence-electron chi connectivity index (χ4n) is 8.47. The Labute approximate surface area is 467 Å². The number of carbonyl (C=O) groups excluding carboxylic acids is 1. The molecular weight excluding hydrogens is 1150 g/mol. The number of nitrogens with one attached hydrogen (secondary N) is 4. The van der Waals surface area contributed by atoms with Gasteiger partial charge in [-0.1, -0.05) is 43.1 Å². The largest absolute Gasteiger partial charge is 0.480 e. The van der Waals surface area contributed by atoms with Gasteiger partial charge in [-0.2, -0.15) is 0 Å². The van der Waals surface area contributed by atoms with Crippen molar-refractivity contribution in [1.29, 1.82) is 0 Å². The molecule has 5 N–H and O–H groups in total. The molecule has 1 aliphatic carbocycles. The van der Waals surface area contributed by atoms with Crippen molar-refractivity contribution in [3.63, 3.8) is 0 Å². The van der Waals surface area contributed by atoms with Crippen molar-refractivity contribution >= 4 is 82.3 Å². The highest BCUT2D eigenvalue weighted by molar-refractivity contribution is 7.93. The predicted molar refractivity (Wildman–Crippen MR) is 289 cm³/mol. The van der Waals surface area contributed by atoms with Crippen molar-refractivity contribution in [2.45, 2.75) is 61.3 Å². The lowest BCUT2D eigenvalue weighted by Crippen LogP contribution is -2.41. The van der Waals surface area contributed by atoms with Gasteiger partial charge < -0.3 is 19.9 Å². The molecule has 4 unspecified atom stereocenters. The third-order valence-corrected chi connectivity index (χ3v) is 16.6. The summed E-state index contributed by atoms with van der Waals surface area (Å²) >= 11 is 12.2. The number of aromatic nitrogens is 6. The number of benzene rings is 4. The number of carbonyl (C=O) groups is 1. The zero-order valence-corrected chi connectivity index (χ0v) is 45.6. The van der Waals surface area contributed by atoms with Crippen LogP contribution in [0.1, 0.15) is 20.3 Å². The molecule has 1 aliphatic rings. The number of alkyl halides is 2. The monoisotopic (exact) mass is 1200 g/mol. The van der Waals surface area contributed by atoms with E-state index in [0.29, 0.717) is 5.56 Å². The molecule has 424 valence electrons. The minimum absolute atomic E-state index is 0.0809. The van der Waals surface area contributed by atoms with E-state index in [1.165, 1.54) is 67.7 Å². The zero-order valence-electron chi connectivity index (χ0n) is 42.4. The summed E-state index contributed by atoms with van der Waals surface area (Å²) in [5, 5.41) is 14.7. The summed E-state index contributed by atoms with van der Waals surface area (Å²) in [6, 6.07) is 13.8. The van der Waals surface area contributed by atoms with Gasteiger partial charge in [0.25, 0.3) is 37.1 Å². The Hall–Kier alpha value is -7.82. The standard InChI is InChI=1S/C52H45Cl2F5N10O10S2/c1-26(22-69-25-64-45-35(51(69)73)13-29(14-38(45)57)31-16-40(48(78-3)61-21-31)66-80(74,75)42-8-5-32(55)17-36(42)53)46(70)60-10-11-79-49-41(67-81(76,77)43-9-6-33(56)18-37(43)54)15-30(20-62-49)28-4-7-39-34(12-28)50(72)68(24-63-39)23-27(2)47(71)65-44-19-52(44,58)59/h4-9,12-18,20-21,24-27,44,47,65-67,71H,10-11,19,22-23H2,1-3H3,(H,60,70). The van der Waals surface area contributed by atoms with Crippen LogP contribution in [0.4, 0.5) is 33.3 Å². The molecule has 81 heavy (non-hydrogen) atoms. The number of methoxy groups -OCH3 is 1. The molecule has 4 aromatic heterocycles. The fourth-order valence-corrected chi connectivity index (χ4v) is 11.6. The summed E-state index contributed by atoms with van der Waals surface area (Å²) in [7, 11) is -7.78. The summed E-state index contributed by atoms with van der Waals surface area (Å²) in [6.45, 7) is 2.27. The van der Waals surface area contributed by atoms with Crippen LogP contribution in [0.25, 0.3) is 44.1 Å². The maximum Gasteiger partial charge on any atom is 0.265 e. The van der Waals surface area contributed by atoms with E-state index < -0.39 is 111 Å². The van der Waals surface area contributed by atoms with Crippen molar-refractivity contribution in [2.24, 2.45) is 11.8 Å². The van der Waals surface area contributed by atoms with E-state index in [9.17, 15) is 53.9 Å². The molecule has 4 aromatic carbocycles. The maximum absolute atomic E-state index is 15.6.